The molecule has 0 bridgehead atoms. The van der Waals surface area contributed by atoms with Gasteiger partial charge in [-0.15, -0.1) is 0 Å². The van der Waals surface area contributed by atoms with Crippen molar-refractivity contribution in [2.45, 2.75) is 37.0 Å². The van der Waals surface area contributed by atoms with Gasteiger partial charge in [-0.25, -0.2) is 8.78 Å². The number of carbonyl (C=O) groups excluding carboxylic acids is 1. The van der Waals surface area contributed by atoms with Crippen molar-refractivity contribution < 1.29 is 39.9 Å². The van der Waals surface area contributed by atoms with E-state index in [0.29, 0.717) is 33.4 Å². The van der Waals surface area contributed by atoms with Crippen LogP contribution in [0.2, 0.25) is 0 Å². The van der Waals surface area contributed by atoms with Gasteiger partial charge >= 0.3 is 12.4 Å². The molecule has 47 heavy (non-hydrogen) atoms. The van der Waals surface area contributed by atoms with E-state index in [4.69, 9.17) is 5.73 Å². The number of nitrogens with two attached hydrogens (primary N) is 1. The molecule has 5 aromatic rings. The highest BCUT2D eigenvalue weighted by Crippen LogP contribution is 2.37. The van der Waals surface area contributed by atoms with Crippen molar-refractivity contribution in [1.29, 1.82) is 0 Å². The number of hydrogen-bond acceptors (Lipinski definition) is 3. The first-order chi connectivity index (χ1) is 22.2. The molecule has 0 aliphatic rings. The maximum Gasteiger partial charge on any atom is 0.433 e. The normalized spacial score (nSPS) is 13.3. The minimum Gasteiger partial charge on any atom is -0.366 e. The van der Waals surface area contributed by atoms with Crippen LogP contribution in [0, 0.1) is 11.6 Å². The number of alkyl halides is 6. The van der Waals surface area contributed by atoms with Crippen molar-refractivity contribution in [3.8, 4) is 0 Å². The summed E-state index contributed by atoms with van der Waals surface area (Å²) in [6.07, 6.45) is -7.10. The summed E-state index contributed by atoms with van der Waals surface area (Å²) in [7, 11) is 0. The number of aromatic nitrogens is 2. The molecular formula is C35H25F8N3O. The van der Waals surface area contributed by atoms with Gasteiger partial charge in [0, 0.05) is 29.8 Å². The molecule has 0 aliphatic carbocycles. The standard InChI is InChI=1S/C35H25F8N3O/c36-25-10-4-20(5-11-25)28(23-8-14-31(45-18-23)34(38,39)40)16-22-2-1-3-27(33(44)47)30(22)17-29(21-6-12-26(37)13-7-21)24-9-15-32(46-19-24)35(41,42)43/h1-15,18-19,28-29H,16-17H2,(H2,44,47). The van der Waals surface area contributed by atoms with Crippen molar-refractivity contribution in [1.82, 2.24) is 9.97 Å². The number of rotatable bonds is 9. The summed E-state index contributed by atoms with van der Waals surface area (Å²) in [5, 5.41) is 0. The molecule has 2 atom stereocenters. The summed E-state index contributed by atoms with van der Waals surface area (Å²) in [5.74, 6) is -3.24. The molecule has 2 aromatic heterocycles. The Morgan fingerprint density at radius 2 is 1.02 bits per heavy atom. The van der Waals surface area contributed by atoms with Gasteiger partial charge in [0.05, 0.1) is 0 Å². The second-order valence-electron chi connectivity index (χ2n) is 10.9. The smallest absolute Gasteiger partial charge is 0.366 e. The predicted octanol–water partition coefficient (Wildman–Crippen LogP) is 8.64. The van der Waals surface area contributed by atoms with Crippen molar-refractivity contribution in [3.05, 3.63) is 165 Å². The van der Waals surface area contributed by atoms with E-state index < -0.39 is 53.1 Å². The Bertz CT molecular complexity index is 1840. The van der Waals surface area contributed by atoms with Gasteiger partial charge in [0.2, 0.25) is 5.91 Å². The Morgan fingerprint density at radius 1 is 0.596 bits per heavy atom. The number of primary amides is 1. The molecule has 0 saturated carbocycles. The lowest BCUT2D eigenvalue weighted by Crippen LogP contribution is -2.19. The summed E-state index contributed by atoms with van der Waals surface area (Å²) in [6, 6.07) is 19.7. The molecule has 0 spiro atoms. The van der Waals surface area contributed by atoms with E-state index in [1.165, 1.54) is 66.7 Å². The summed E-state index contributed by atoms with van der Waals surface area (Å²) < 4.78 is 107. The van der Waals surface area contributed by atoms with Crippen molar-refractivity contribution in [2.24, 2.45) is 5.73 Å². The SMILES string of the molecule is NC(=O)c1cccc(CC(c2ccc(F)cc2)c2ccc(C(F)(F)F)nc2)c1CC(c1ccc(F)cc1)c1ccc(C(F)(F)F)nc1. The predicted molar refractivity (Wildman–Crippen MR) is 157 cm³/mol. The largest absolute Gasteiger partial charge is 0.433 e. The van der Waals surface area contributed by atoms with Crippen LogP contribution in [0.3, 0.4) is 0 Å². The first kappa shape index (κ1) is 33.2. The molecule has 1 amide bonds. The zero-order valence-electron chi connectivity index (χ0n) is 24.3. The molecule has 0 aliphatic heterocycles. The summed E-state index contributed by atoms with van der Waals surface area (Å²) in [5.41, 5.74) is 6.42. The monoisotopic (exact) mass is 655 g/mol. The Hall–Kier alpha value is -5.13. The third kappa shape index (κ3) is 7.82. The highest BCUT2D eigenvalue weighted by Gasteiger charge is 2.34. The van der Waals surface area contributed by atoms with Gasteiger partial charge in [0.15, 0.2) is 0 Å². The Balaban J connectivity index is 1.62. The summed E-state index contributed by atoms with van der Waals surface area (Å²) >= 11 is 0. The summed E-state index contributed by atoms with van der Waals surface area (Å²) in [6.45, 7) is 0. The zero-order chi connectivity index (χ0) is 33.9. The first-order valence-corrected chi connectivity index (χ1v) is 14.2. The third-order valence-electron chi connectivity index (χ3n) is 7.87. The lowest BCUT2D eigenvalue weighted by atomic mass is 9.80. The van der Waals surface area contributed by atoms with Crippen LogP contribution in [0.1, 0.15) is 67.0 Å². The van der Waals surface area contributed by atoms with Crippen LogP contribution in [0.15, 0.2) is 103 Å². The fourth-order valence-electron chi connectivity index (χ4n) is 5.53. The van der Waals surface area contributed by atoms with Gasteiger partial charge in [-0.05, 0) is 88.7 Å². The van der Waals surface area contributed by atoms with E-state index in [9.17, 15) is 39.9 Å². The van der Waals surface area contributed by atoms with Gasteiger partial charge in [-0.3, -0.25) is 14.8 Å². The fourth-order valence-corrected chi connectivity index (χ4v) is 5.53. The minimum absolute atomic E-state index is 0.00846. The van der Waals surface area contributed by atoms with Crippen LogP contribution in [0.4, 0.5) is 35.1 Å². The Morgan fingerprint density at radius 3 is 1.40 bits per heavy atom. The average molecular weight is 656 g/mol. The quantitative estimate of drug-likeness (QED) is 0.162. The third-order valence-corrected chi connectivity index (χ3v) is 7.87. The first-order valence-electron chi connectivity index (χ1n) is 14.2. The molecule has 5 rings (SSSR count). The van der Waals surface area contributed by atoms with Gasteiger partial charge in [-0.1, -0.05) is 48.5 Å². The van der Waals surface area contributed by atoms with E-state index in [0.717, 1.165) is 24.5 Å². The van der Waals surface area contributed by atoms with Crippen molar-refractivity contribution in [3.63, 3.8) is 0 Å². The van der Waals surface area contributed by atoms with Crippen molar-refractivity contribution in [2.75, 3.05) is 0 Å². The fraction of sp³-hybridized carbons (Fsp3) is 0.171. The van der Waals surface area contributed by atoms with Gasteiger partial charge in [-0.2, -0.15) is 26.3 Å². The molecular weight excluding hydrogens is 630 g/mol. The minimum atomic E-state index is -4.68. The van der Waals surface area contributed by atoms with Gasteiger partial charge < -0.3 is 5.73 Å². The molecule has 4 nitrogen and oxygen atoms in total. The maximum absolute atomic E-state index is 13.9. The Labute approximate surface area is 263 Å². The molecule has 2 unspecified atom stereocenters. The highest BCUT2D eigenvalue weighted by atomic mass is 19.4. The van der Waals surface area contributed by atoms with Crippen LogP contribution in [0.25, 0.3) is 0 Å². The van der Waals surface area contributed by atoms with Gasteiger partial charge in [0.25, 0.3) is 0 Å². The molecule has 3 aromatic carbocycles. The number of halogens is 8. The number of carbonyl (C=O) groups is 1. The van der Waals surface area contributed by atoms with Crippen LogP contribution in [-0.4, -0.2) is 15.9 Å². The van der Waals surface area contributed by atoms with Crippen LogP contribution >= 0.6 is 0 Å². The van der Waals surface area contributed by atoms with E-state index in [1.54, 1.807) is 12.1 Å². The molecule has 0 fully saturated rings. The number of hydrogen-bond donors (Lipinski definition) is 1. The Kier molecular flexibility index (Phi) is 9.41. The second-order valence-corrected chi connectivity index (χ2v) is 10.9. The van der Waals surface area contributed by atoms with E-state index in [1.807, 2.05) is 0 Å². The summed E-state index contributed by atoms with van der Waals surface area (Å²) in [4.78, 5) is 19.9. The zero-order valence-corrected chi connectivity index (χ0v) is 24.3. The topological polar surface area (TPSA) is 68.9 Å². The molecule has 2 heterocycles. The number of nitrogens with zero attached hydrogens (tertiary/aromatic N) is 2. The second kappa shape index (κ2) is 13.3. The van der Waals surface area contributed by atoms with Crippen molar-refractivity contribution >= 4 is 5.91 Å². The molecule has 0 radical (unpaired) electrons. The average Bonchev–Trinajstić information content (AvgIpc) is 3.03. The van der Waals surface area contributed by atoms with Gasteiger partial charge in [0.1, 0.15) is 23.0 Å². The number of amides is 1. The highest BCUT2D eigenvalue weighted by molar-refractivity contribution is 5.94. The molecule has 12 heteroatoms. The lowest BCUT2D eigenvalue weighted by molar-refractivity contribution is -0.142. The van der Waals surface area contributed by atoms with Crippen LogP contribution in [-0.2, 0) is 25.2 Å². The number of pyridine rings is 2. The maximum atomic E-state index is 13.9. The number of benzene rings is 3. The molecule has 242 valence electrons. The van der Waals surface area contributed by atoms with Crippen LogP contribution in [0.5, 0.6) is 0 Å². The van der Waals surface area contributed by atoms with E-state index in [2.05, 4.69) is 9.97 Å². The van der Waals surface area contributed by atoms with Crippen LogP contribution < -0.4 is 5.73 Å². The van der Waals surface area contributed by atoms with E-state index >= 15 is 0 Å². The lowest BCUT2D eigenvalue weighted by Gasteiger charge is -2.24. The molecule has 0 saturated heterocycles. The molecule has 2 N–H and O–H groups in total. The van der Waals surface area contributed by atoms with E-state index in [-0.39, 0.29) is 18.4 Å².